The lowest BCUT2D eigenvalue weighted by Crippen LogP contribution is -2.32. The number of halogens is 1. The second-order valence-electron chi connectivity index (χ2n) is 6.82. The fraction of sp³-hybridized carbons (Fsp3) is 0.174. The molecule has 1 atom stereocenters. The lowest BCUT2D eigenvalue weighted by molar-refractivity contribution is -0.138. The molecule has 2 N–H and O–H groups in total. The Balaban J connectivity index is 1.94. The van der Waals surface area contributed by atoms with Gasteiger partial charge in [0.05, 0.1) is 11.6 Å². The van der Waals surface area contributed by atoms with Crippen molar-refractivity contribution in [3.8, 4) is 0 Å². The van der Waals surface area contributed by atoms with Crippen LogP contribution in [0.5, 0.6) is 0 Å². The molecule has 0 radical (unpaired) electrons. The largest absolute Gasteiger partial charge is 0.503 e. The average Bonchev–Trinajstić information content (AvgIpc) is 2.98. The minimum absolute atomic E-state index is 0.00942. The van der Waals surface area contributed by atoms with Gasteiger partial charge in [-0.2, -0.15) is 0 Å². The monoisotopic (exact) mass is 469 g/mol. The highest BCUT2D eigenvalue weighted by atomic mass is 79.9. The Morgan fingerprint density at radius 2 is 1.73 bits per heavy atom. The van der Waals surface area contributed by atoms with Crippen molar-refractivity contribution in [3.05, 3.63) is 87.6 Å². The van der Waals surface area contributed by atoms with Gasteiger partial charge in [-0.15, -0.1) is 0 Å². The quantitative estimate of drug-likeness (QED) is 0.562. The van der Waals surface area contributed by atoms with Crippen LogP contribution < -0.4 is 0 Å². The molecule has 6 nitrogen and oxygen atoms in total. The minimum Gasteiger partial charge on any atom is -0.503 e. The summed E-state index contributed by atoms with van der Waals surface area (Å²) < 4.78 is 0.832. The van der Waals surface area contributed by atoms with E-state index in [0.29, 0.717) is 5.56 Å². The van der Waals surface area contributed by atoms with Gasteiger partial charge in [-0.25, -0.2) is 0 Å². The van der Waals surface area contributed by atoms with Crippen LogP contribution in [0, 0.1) is 0 Å². The van der Waals surface area contributed by atoms with Gasteiger partial charge in [0.1, 0.15) is 0 Å². The van der Waals surface area contributed by atoms with E-state index in [1.165, 1.54) is 11.0 Å². The van der Waals surface area contributed by atoms with Crippen molar-refractivity contribution in [2.24, 2.45) is 0 Å². The zero-order valence-electron chi connectivity index (χ0n) is 16.0. The molecule has 3 rings (SSSR count). The third-order valence-corrected chi connectivity index (χ3v) is 5.30. The number of amides is 1. The van der Waals surface area contributed by atoms with Gasteiger partial charge in [-0.05, 0) is 35.8 Å². The summed E-state index contributed by atoms with van der Waals surface area (Å²) in [6, 6.07) is 15.5. The summed E-state index contributed by atoms with van der Waals surface area (Å²) in [5.74, 6) is -2.72. The number of carbonyl (C=O) groups is 3. The van der Waals surface area contributed by atoms with Gasteiger partial charge in [-0.3, -0.25) is 14.4 Å². The molecule has 1 heterocycles. The lowest BCUT2D eigenvalue weighted by Gasteiger charge is -2.26. The number of aliphatic hydroxyl groups is 1. The van der Waals surface area contributed by atoms with Gasteiger partial charge in [-0.1, -0.05) is 64.5 Å². The minimum atomic E-state index is -0.971. The molecule has 1 aliphatic heterocycles. The first-order chi connectivity index (χ1) is 14.4. The average molecular weight is 470 g/mol. The summed E-state index contributed by atoms with van der Waals surface area (Å²) in [6.07, 6.45) is 3.05. The van der Waals surface area contributed by atoms with Gasteiger partial charge in [0.2, 0.25) is 0 Å². The summed E-state index contributed by atoms with van der Waals surface area (Å²) in [7, 11) is 0. The number of carboxylic acids is 1. The zero-order valence-corrected chi connectivity index (χ0v) is 17.6. The van der Waals surface area contributed by atoms with Crippen LogP contribution in [0.3, 0.4) is 0 Å². The molecule has 154 valence electrons. The van der Waals surface area contributed by atoms with Crippen molar-refractivity contribution in [1.82, 2.24) is 4.90 Å². The molecule has 0 spiro atoms. The maximum Gasteiger partial charge on any atom is 0.303 e. The smallest absolute Gasteiger partial charge is 0.303 e. The second kappa shape index (κ2) is 9.54. The molecule has 30 heavy (non-hydrogen) atoms. The molecule has 1 aliphatic rings. The number of carboxylic acid groups (broad SMARTS) is 1. The number of benzene rings is 2. The van der Waals surface area contributed by atoms with Crippen molar-refractivity contribution < 1.29 is 24.6 Å². The predicted molar refractivity (Wildman–Crippen MR) is 116 cm³/mol. The van der Waals surface area contributed by atoms with Gasteiger partial charge in [0.25, 0.3) is 5.91 Å². The molecular formula is C23H20BrNO5. The van der Waals surface area contributed by atoms with E-state index in [1.54, 1.807) is 30.3 Å². The van der Waals surface area contributed by atoms with Gasteiger partial charge in [0, 0.05) is 17.4 Å². The number of aliphatic carboxylic acids is 1. The number of rotatable bonds is 8. The molecule has 7 heteroatoms. The summed E-state index contributed by atoms with van der Waals surface area (Å²) >= 11 is 3.36. The third kappa shape index (κ3) is 4.86. The van der Waals surface area contributed by atoms with Gasteiger partial charge in [0.15, 0.2) is 11.5 Å². The van der Waals surface area contributed by atoms with E-state index in [-0.39, 0.29) is 25.0 Å². The van der Waals surface area contributed by atoms with Crippen LogP contribution in [0.15, 0.2) is 76.5 Å². The fourth-order valence-electron chi connectivity index (χ4n) is 3.35. The molecule has 1 amide bonds. The molecule has 2 aromatic rings. The number of allylic oxidation sites excluding steroid dienone is 1. The molecule has 0 aromatic heterocycles. The first-order valence-corrected chi connectivity index (χ1v) is 10.2. The van der Waals surface area contributed by atoms with Crippen molar-refractivity contribution in [3.63, 3.8) is 0 Å². The molecule has 0 fully saturated rings. The van der Waals surface area contributed by atoms with Gasteiger partial charge < -0.3 is 15.1 Å². The number of carbonyl (C=O) groups excluding carboxylic acids is 2. The van der Waals surface area contributed by atoms with Crippen molar-refractivity contribution in [1.29, 1.82) is 0 Å². The van der Waals surface area contributed by atoms with Crippen LogP contribution >= 0.6 is 15.9 Å². The Labute approximate surface area is 182 Å². The van der Waals surface area contributed by atoms with E-state index in [0.717, 1.165) is 10.0 Å². The zero-order chi connectivity index (χ0) is 21.7. The summed E-state index contributed by atoms with van der Waals surface area (Å²) in [6.45, 7) is 0.106. The predicted octanol–water partition coefficient (Wildman–Crippen LogP) is 4.29. The first-order valence-electron chi connectivity index (χ1n) is 9.37. The van der Waals surface area contributed by atoms with Crippen LogP contribution in [-0.2, 0) is 14.4 Å². The first kappa shape index (κ1) is 21.5. The van der Waals surface area contributed by atoms with Crippen LogP contribution in [0.25, 0.3) is 6.08 Å². The number of hydrogen-bond acceptors (Lipinski definition) is 4. The highest BCUT2D eigenvalue weighted by Crippen LogP contribution is 2.38. The summed E-state index contributed by atoms with van der Waals surface area (Å²) in [5.41, 5.74) is 1.46. The summed E-state index contributed by atoms with van der Waals surface area (Å²) in [4.78, 5) is 37.9. The van der Waals surface area contributed by atoms with E-state index in [9.17, 15) is 19.5 Å². The van der Waals surface area contributed by atoms with E-state index in [1.807, 2.05) is 30.3 Å². The van der Waals surface area contributed by atoms with Crippen molar-refractivity contribution in [2.75, 3.05) is 6.54 Å². The standard InChI is InChI=1S/C23H20BrNO5/c24-17-11-9-16(10-12-17)21-20(18(26)13-8-15-5-2-1-3-6-15)22(29)23(30)25(21)14-4-7-19(27)28/h1-3,5-6,8-13,21,29H,4,7,14H2,(H,27,28). The fourth-order valence-corrected chi connectivity index (χ4v) is 3.62. The molecule has 1 unspecified atom stereocenters. The molecule has 0 bridgehead atoms. The van der Waals surface area contributed by atoms with Crippen LogP contribution in [0.1, 0.15) is 30.0 Å². The lowest BCUT2D eigenvalue weighted by atomic mass is 9.95. The summed E-state index contributed by atoms with van der Waals surface area (Å²) in [5, 5.41) is 19.4. The van der Waals surface area contributed by atoms with Crippen LogP contribution in [-0.4, -0.2) is 39.3 Å². The normalized spacial score (nSPS) is 16.5. The maximum absolute atomic E-state index is 13.0. The molecule has 0 saturated heterocycles. The second-order valence-corrected chi connectivity index (χ2v) is 7.74. The molecule has 2 aromatic carbocycles. The Hall–Kier alpha value is -3.19. The van der Waals surface area contributed by atoms with E-state index >= 15 is 0 Å². The maximum atomic E-state index is 13.0. The molecule has 0 saturated carbocycles. The van der Waals surface area contributed by atoms with Crippen LogP contribution in [0.4, 0.5) is 0 Å². The number of aliphatic hydroxyl groups excluding tert-OH is 1. The van der Waals surface area contributed by atoms with Crippen LogP contribution in [0.2, 0.25) is 0 Å². The Morgan fingerprint density at radius 1 is 1.07 bits per heavy atom. The van der Waals surface area contributed by atoms with E-state index in [2.05, 4.69) is 15.9 Å². The Bertz CT molecular complexity index is 1010. The highest BCUT2D eigenvalue weighted by Gasteiger charge is 2.42. The Morgan fingerprint density at radius 3 is 2.37 bits per heavy atom. The van der Waals surface area contributed by atoms with E-state index in [4.69, 9.17) is 5.11 Å². The number of hydrogen-bond donors (Lipinski definition) is 2. The molecular weight excluding hydrogens is 450 g/mol. The van der Waals surface area contributed by atoms with Gasteiger partial charge >= 0.3 is 5.97 Å². The number of ketones is 1. The van der Waals surface area contributed by atoms with Crippen molar-refractivity contribution in [2.45, 2.75) is 18.9 Å². The number of nitrogens with zero attached hydrogens (tertiary/aromatic N) is 1. The van der Waals surface area contributed by atoms with E-state index < -0.39 is 29.5 Å². The SMILES string of the molecule is O=C(O)CCCN1C(=O)C(O)=C(C(=O)C=Cc2ccccc2)C1c1ccc(Br)cc1. The highest BCUT2D eigenvalue weighted by molar-refractivity contribution is 9.10. The Kier molecular flexibility index (Phi) is 6.84. The van der Waals surface area contributed by atoms with Crippen molar-refractivity contribution >= 4 is 39.7 Å². The molecule has 0 aliphatic carbocycles. The third-order valence-electron chi connectivity index (χ3n) is 4.77. The topological polar surface area (TPSA) is 94.9 Å².